The number of anilines is 1. The van der Waals surface area contributed by atoms with E-state index in [4.69, 9.17) is 11.6 Å². The molecule has 0 saturated heterocycles. The molecule has 27 heavy (non-hydrogen) atoms. The molecule has 5 nitrogen and oxygen atoms in total. The third-order valence-electron chi connectivity index (χ3n) is 4.28. The molecule has 2 aromatic carbocycles. The van der Waals surface area contributed by atoms with Crippen LogP contribution in [0.5, 0.6) is 0 Å². The zero-order valence-corrected chi connectivity index (χ0v) is 16.2. The lowest BCUT2D eigenvalue weighted by Crippen LogP contribution is -2.13. The highest BCUT2D eigenvalue weighted by Crippen LogP contribution is 2.24. The Morgan fingerprint density at radius 1 is 1.15 bits per heavy atom. The fourth-order valence-electron chi connectivity index (χ4n) is 2.88. The van der Waals surface area contributed by atoms with Crippen molar-refractivity contribution in [2.24, 2.45) is 0 Å². The van der Waals surface area contributed by atoms with Gasteiger partial charge >= 0.3 is 0 Å². The Kier molecular flexibility index (Phi) is 5.01. The molecule has 4 aromatic rings. The van der Waals surface area contributed by atoms with Crippen LogP contribution in [0.4, 0.5) is 5.69 Å². The van der Waals surface area contributed by atoms with Crippen molar-refractivity contribution < 1.29 is 4.79 Å². The summed E-state index contributed by atoms with van der Waals surface area (Å²) in [6.07, 6.45) is 0.371. The lowest BCUT2D eigenvalue weighted by atomic mass is 10.2. The van der Waals surface area contributed by atoms with Gasteiger partial charge in [0.25, 0.3) is 0 Å². The minimum absolute atomic E-state index is 0.0495. The van der Waals surface area contributed by atoms with Crippen molar-refractivity contribution in [2.75, 3.05) is 11.1 Å². The first-order valence-corrected chi connectivity index (χ1v) is 9.90. The monoisotopic (exact) mass is 396 g/mol. The molecule has 0 radical (unpaired) electrons. The van der Waals surface area contributed by atoms with Crippen molar-refractivity contribution in [1.82, 2.24) is 14.6 Å². The van der Waals surface area contributed by atoms with Crippen molar-refractivity contribution in [3.63, 3.8) is 0 Å². The second-order valence-electron chi connectivity index (χ2n) is 6.17. The van der Waals surface area contributed by atoms with Gasteiger partial charge in [-0.25, -0.2) is 0 Å². The Labute approximate surface area is 165 Å². The topological polar surface area (TPSA) is 59.3 Å². The summed E-state index contributed by atoms with van der Waals surface area (Å²) in [7, 11) is 0. The Hall–Kier alpha value is -2.57. The molecule has 0 atom stereocenters. The summed E-state index contributed by atoms with van der Waals surface area (Å²) in [6.45, 7) is 1.94. The summed E-state index contributed by atoms with van der Waals surface area (Å²) in [6, 6.07) is 17.6. The number of thioether (sulfide) groups is 1. The highest BCUT2D eigenvalue weighted by atomic mass is 35.5. The van der Waals surface area contributed by atoms with Crippen LogP contribution in [0, 0.1) is 6.92 Å². The molecule has 0 fully saturated rings. The van der Waals surface area contributed by atoms with E-state index in [2.05, 4.69) is 21.6 Å². The Bertz CT molecular complexity index is 1140. The van der Waals surface area contributed by atoms with Crippen LogP contribution < -0.4 is 5.32 Å². The van der Waals surface area contributed by atoms with Crippen molar-refractivity contribution >= 4 is 51.5 Å². The van der Waals surface area contributed by atoms with Gasteiger partial charge in [0.05, 0.1) is 5.52 Å². The second kappa shape index (κ2) is 7.58. The van der Waals surface area contributed by atoms with E-state index in [0.29, 0.717) is 17.2 Å². The molecule has 0 aliphatic carbocycles. The van der Waals surface area contributed by atoms with E-state index >= 15 is 0 Å². The van der Waals surface area contributed by atoms with Gasteiger partial charge in [0.15, 0.2) is 10.8 Å². The zero-order chi connectivity index (χ0) is 18.8. The third kappa shape index (κ3) is 3.77. The van der Waals surface area contributed by atoms with Gasteiger partial charge in [-0.2, -0.15) is 0 Å². The largest absolute Gasteiger partial charge is 0.326 e. The predicted octanol–water partition coefficient (Wildman–Crippen LogP) is 4.97. The summed E-state index contributed by atoms with van der Waals surface area (Å²) >= 11 is 7.52. The van der Waals surface area contributed by atoms with Crippen LogP contribution in [0.15, 0.2) is 59.8 Å². The number of carbonyl (C=O) groups excluding carboxylic acids is 1. The first-order valence-electron chi connectivity index (χ1n) is 8.53. The number of amides is 1. The third-order valence-corrected chi connectivity index (χ3v) is 5.45. The van der Waals surface area contributed by atoms with Gasteiger partial charge in [0.1, 0.15) is 0 Å². The van der Waals surface area contributed by atoms with E-state index in [9.17, 15) is 4.79 Å². The van der Waals surface area contributed by atoms with E-state index in [1.54, 1.807) is 6.07 Å². The number of fused-ring (bicyclic) bond motifs is 3. The van der Waals surface area contributed by atoms with Crippen LogP contribution in [0.1, 0.15) is 12.0 Å². The van der Waals surface area contributed by atoms with Crippen LogP contribution in [0.25, 0.3) is 16.6 Å². The maximum absolute atomic E-state index is 12.3. The Morgan fingerprint density at radius 3 is 2.89 bits per heavy atom. The summed E-state index contributed by atoms with van der Waals surface area (Å²) in [4.78, 5) is 12.3. The molecule has 1 N–H and O–H groups in total. The second-order valence-corrected chi connectivity index (χ2v) is 7.67. The van der Waals surface area contributed by atoms with Crippen molar-refractivity contribution in [3.05, 3.63) is 65.2 Å². The number of nitrogens with one attached hydrogen (secondary N) is 1. The van der Waals surface area contributed by atoms with Crippen molar-refractivity contribution in [3.8, 4) is 0 Å². The lowest BCUT2D eigenvalue weighted by Gasteiger charge is -2.08. The number of hydrogen-bond acceptors (Lipinski definition) is 4. The molecule has 0 unspecified atom stereocenters. The summed E-state index contributed by atoms with van der Waals surface area (Å²) in [5.41, 5.74) is 3.59. The summed E-state index contributed by atoms with van der Waals surface area (Å²) < 4.78 is 2.03. The standard InChI is InChI=1S/C20H17ClN4OS/c1-13-6-8-15(21)12-16(13)22-19(26)10-11-27-20-24-23-18-9-7-14-4-2-3-5-17(14)25(18)20/h2-9,12H,10-11H2,1H3,(H,22,26). The fraction of sp³-hybridized carbons (Fsp3) is 0.150. The number of halogens is 1. The van der Waals surface area contributed by atoms with Crippen LogP contribution in [-0.4, -0.2) is 26.3 Å². The van der Waals surface area contributed by atoms with Gasteiger partial charge in [0, 0.05) is 22.9 Å². The molecule has 0 aliphatic heterocycles. The van der Waals surface area contributed by atoms with Crippen LogP contribution in [0.3, 0.4) is 0 Å². The Balaban J connectivity index is 1.45. The van der Waals surface area contributed by atoms with Gasteiger partial charge in [0.2, 0.25) is 5.91 Å². The van der Waals surface area contributed by atoms with Crippen LogP contribution in [0.2, 0.25) is 5.02 Å². The highest BCUT2D eigenvalue weighted by molar-refractivity contribution is 7.99. The van der Waals surface area contributed by atoms with Gasteiger partial charge in [-0.15, -0.1) is 10.2 Å². The fourth-order valence-corrected chi connectivity index (χ4v) is 3.94. The number of hydrogen-bond donors (Lipinski definition) is 1. The molecule has 0 spiro atoms. The molecule has 4 rings (SSSR count). The highest BCUT2D eigenvalue weighted by Gasteiger charge is 2.11. The first kappa shape index (κ1) is 17.8. The molecule has 0 bridgehead atoms. The van der Waals surface area contributed by atoms with Crippen molar-refractivity contribution in [1.29, 1.82) is 0 Å². The smallest absolute Gasteiger partial charge is 0.225 e. The molecular weight excluding hydrogens is 380 g/mol. The Morgan fingerprint density at radius 2 is 2.00 bits per heavy atom. The minimum Gasteiger partial charge on any atom is -0.326 e. The molecule has 0 saturated carbocycles. The SMILES string of the molecule is Cc1ccc(Cl)cc1NC(=O)CCSc1nnc2ccc3ccccc3n12. The maximum Gasteiger partial charge on any atom is 0.225 e. The summed E-state index contributed by atoms with van der Waals surface area (Å²) in [5.74, 6) is 0.557. The zero-order valence-electron chi connectivity index (χ0n) is 14.6. The van der Waals surface area contributed by atoms with Crippen LogP contribution >= 0.6 is 23.4 Å². The number of aryl methyl sites for hydroxylation is 1. The van der Waals surface area contributed by atoms with E-state index in [1.165, 1.54) is 11.8 Å². The summed E-state index contributed by atoms with van der Waals surface area (Å²) in [5, 5.41) is 13.9. The minimum atomic E-state index is -0.0495. The van der Waals surface area contributed by atoms with Gasteiger partial charge < -0.3 is 5.32 Å². The number of rotatable bonds is 5. The molecule has 0 aliphatic rings. The first-order chi connectivity index (χ1) is 13.1. The average molecular weight is 397 g/mol. The number of pyridine rings is 1. The number of carbonyl (C=O) groups is 1. The molecule has 2 heterocycles. The molecule has 1 amide bonds. The molecule has 7 heteroatoms. The van der Waals surface area contributed by atoms with Crippen LogP contribution in [-0.2, 0) is 4.79 Å². The van der Waals surface area contributed by atoms with Gasteiger partial charge in [-0.3, -0.25) is 9.20 Å². The normalized spacial score (nSPS) is 11.2. The van der Waals surface area contributed by atoms with Gasteiger partial charge in [-0.1, -0.05) is 47.6 Å². The maximum atomic E-state index is 12.3. The number of para-hydroxylation sites is 1. The van der Waals surface area contributed by atoms with E-state index < -0.39 is 0 Å². The van der Waals surface area contributed by atoms with Crippen molar-refractivity contribution in [2.45, 2.75) is 18.5 Å². The quantitative estimate of drug-likeness (QED) is 0.484. The predicted molar refractivity (Wildman–Crippen MR) is 111 cm³/mol. The van der Waals surface area contributed by atoms with E-state index in [1.807, 2.05) is 53.8 Å². The van der Waals surface area contributed by atoms with E-state index in [0.717, 1.165) is 33.0 Å². The molecule has 2 aromatic heterocycles. The number of nitrogens with zero attached hydrogens (tertiary/aromatic N) is 3. The lowest BCUT2D eigenvalue weighted by molar-refractivity contribution is -0.115. The van der Waals surface area contributed by atoms with Gasteiger partial charge in [-0.05, 0) is 48.2 Å². The average Bonchev–Trinajstić information content (AvgIpc) is 3.08. The van der Waals surface area contributed by atoms with E-state index in [-0.39, 0.29) is 5.91 Å². The number of aromatic nitrogens is 3. The molecule has 136 valence electrons. The number of benzene rings is 2. The molecular formula is C20H17ClN4OS.